The molecule has 32 heavy (non-hydrogen) atoms. The second-order valence-electron chi connectivity index (χ2n) is 7.68. The SMILES string of the molecule is C=C(/C=C(\C=C/C(C)CC)OC)c1c(-c2cccc(OC)c2C)cn(N)c1C(=C)OCC. The van der Waals surface area contributed by atoms with Crippen LogP contribution in [0.2, 0.25) is 0 Å². The van der Waals surface area contributed by atoms with Gasteiger partial charge in [-0.25, -0.2) is 0 Å². The maximum absolute atomic E-state index is 6.39. The summed E-state index contributed by atoms with van der Waals surface area (Å²) < 4.78 is 18.4. The fourth-order valence-electron chi connectivity index (χ4n) is 3.52. The van der Waals surface area contributed by atoms with E-state index in [1.54, 1.807) is 18.9 Å². The van der Waals surface area contributed by atoms with E-state index < -0.39 is 0 Å². The Kier molecular flexibility index (Phi) is 8.82. The maximum atomic E-state index is 6.39. The average molecular weight is 437 g/mol. The van der Waals surface area contributed by atoms with Gasteiger partial charge < -0.3 is 20.1 Å². The molecule has 0 amide bonds. The summed E-state index contributed by atoms with van der Waals surface area (Å²) in [6.07, 6.45) is 8.95. The van der Waals surface area contributed by atoms with Crippen LogP contribution in [0.5, 0.6) is 5.75 Å². The first-order chi connectivity index (χ1) is 15.3. The number of nitrogens with zero attached hydrogens (tertiary/aromatic N) is 1. The fraction of sp³-hybridized carbons (Fsp3) is 0.333. The second kappa shape index (κ2) is 11.3. The third-order valence-corrected chi connectivity index (χ3v) is 5.52. The lowest BCUT2D eigenvalue weighted by Gasteiger charge is -2.14. The van der Waals surface area contributed by atoms with E-state index in [1.807, 2.05) is 50.4 Å². The maximum Gasteiger partial charge on any atom is 0.138 e. The summed E-state index contributed by atoms with van der Waals surface area (Å²) in [7, 11) is 3.32. The summed E-state index contributed by atoms with van der Waals surface area (Å²) in [6, 6.07) is 5.94. The molecule has 0 aliphatic carbocycles. The number of benzene rings is 1. The number of hydrogen-bond donors (Lipinski definition) is 1. The van der Waals surface area contributed by atoms with Gasteiger partial charge in [-0.1, -0.05) is 51.6 Å². The van der Waals surface area contributed by atoms with Crippen molar-refractivity contribution in [1.82, 2.24) is 4.68 Å². The Morgan fingerprint density at radius 3 is 2.50 bits per heavy atom. The van der Waals surface area contributed by atoms with Gasteiger partial charge in [0, 0.05) is 17.3 Å². The van der Waals surface area contributed by atoms with E-state index >= 15 is 0 Å². The van der Waals surface area contributed by atoms with Gasteiger partial charge in [-0.15, -0.1) is 0 Å². The molecule has 5 nitrogen and oxygen atoms in total. The molecule has 0 aliphatic rings. The minimum Gasteiger partial charge on any atom is -0.497 e. The minimum absolute atomic E-state index is 0.454. The van der Waals surface area contributed by atoms with E-state index in [0.717, 1.165) is 40.0 Å². The molecule has 2 rings (SSSR count). The summed E-state index contributed by atoms with van der Waals surface area (Å²) in [4.78, 5) is 0. The van der Waals surface area contributed by atoms with Crippen molar-refractivity contribution >= 4 is 11.3 Å². The molecule has 172 valence electrons. The van der Waals surface area contributed by atoms with Gasteiger partial charge in [0.05, 0.1) is 20.8 Å². The number of hydrogen-bond acceptors (Lipinski definition) is 4. The highest BCUT2D eigenvalue weighted by molar-refractivity contribution is 5.91. The van der Waals surface area contributed by atoms with Crippen molar-refractivity contribution in [2.75, 3.05) is 26.7 Å². The molecule has 2 aromatic rings. The van der Waals surface area contributed by atoms with Crippen LogP contribution in [0.25, 0.3) is 22.5 Å². The first-order valence-electron chi connectivity index (χ1n) is 10.9. The number of ether oxygens (including phenoxy) is 3. The Morgan fingerprint density at radius 1 is 1.19 bits per heavy atom. The van der Waals surface area contributed by atoms with E-state index in [2.05, 4.69) is 33.1 Å². The van der Waals surface area contributed by atoms with Crippen molar-refractivity contribution in [2.24, 2.45) is 5.92 Å². The normalized spacial score (nSPS) is 12.6. The third-order valence-electron chi connectivity index (χ3n) is 5.52. The van der Waals surface area contributed by atoms with Crippen LogP contribution in [-0.4, -0.2) is 25.5 Å². The number of methoxy groups -OCH3 is 2. The Bertz CT molecular complexity index is 1030. The molecule has 2 N–H and O–H groups in total. The molecule has 0 spiro atoms. The summed E-state index contributed by atoms with van der Waals surface area (Å²) in [6.45, 7) is 17.2. The predicted molar refractivity (Wildman–Crippen MR) is 135 cm³/mol. The molecule has 0 aliphatic heterocycles. The van der Waals surface area contributed by atoms with Crippen molar-refractivity contribution in [2.45, 2.75) is 34.1 Å². The van der Waals surface area contributed by atoms with Gasteiger partial charge in [0.1, 0.15) is 23.0 Å². The lowest BCUT2D eigenvalue weighted by atomic mass is 9.93. The molecule has 0 saturated heterocycles. The Hall–Kier alpha value is -3.34. The molecule has 1 unspecified atom stereocenters. The molecule has 0 fully saturated rings. The summed E-state index contributed by atoms with van der Waals surface area (Å²) in [5.41, 5.74) is 5.18. The molecular weight excluding hydrogens is 400 g/mol. The quantitative estimate of drug-likeness (QED) is 0.254. The van der Waals surface area contributed by atoms with Gasteiger partial charge in [0.15, 0.2) is 0 Å². The van der Waals surface area contributed by atoms with Crippen LogP contribution >= 0.6 is 0 Å². The third kappa shape index (κ3) is 5.47. The molecule has 1 aromatic carbocycles. The summed E-state index contributed by atoms with van der Waals surface area (Å²) in [5, 5.41) is 0. The Morgan fingerprint density at radius 2 is 1.91 bits per heavy atom. The number of nitrogen functional groups attached to an aromatic ring is 1. The van der Waals surface area contributed by atoms with E-state index in [0.29, 0.717) is 29.7 Å². The molecule has 1 atom stereocenters. The van der Waals surface area contributed by atoms with Gasteiger partial charge in [-0.2, -0.15) is 0 Å². The monoisotopic (exact) mass is 436 g/mol. The molecular formula is C27H36N2O3. The first kappa shape index (κ1) is 24.9. The number of nitrogens with two attached hydrogens (primary N) is 1. The van der Waals surface area contributed by atoms with Crippen molar-refractivity contribution < 1.29 is 14.2 Å². The number of aromatic nitrogens is 1. The lowest BCUT2D eigenvalue weighted by Crippen LogP contribution is -2.12. The molecule has 1 heterocycles. The zero-order chi connectivity index (χ0) is 23.8. The summed E-state index contributed by atoms with van der Waals surface area (Å²) in [5.74, 6) is 8.84. The predicted octanol–water partition coefficient (Wildman–Crippen LogP) is 6.34. The van der Waals surface area contributed by atoms with Crippen molar-refractivity contribution in [3.8, 4) is 16.9 Å². The number of allylic oxidation sites excluding steroid dienone is 4. The van der Waals surface area contributed by atoms with Crippen LogP contribution in [-0.2, 0) is 9.47 Å². The van der Waals surface area contributed by atoms with Crippen molar-refractivity contribution in [3.05, 3.63) is 78.4 Å². The molecule has 5 heteroatoms. The minimum atomic E-state index is 0.454. The van der Waals surface area contributed by atoms with Crippen molar-refractivity contribution in [3.63, 3.8) is 0 Å². The van der Waals surface area contributed by atoms with Gasteiger partial charge in [0.2, 0.25) is 0 Å². The zero-order valence-electron chi connectivity index (χ0n) is 20.2. The standard InChI is InChI=1S/C27H36N2O3/c1-9-18(3)14-15-22(30-7)16-19(4)26-24(17-29(28)27(26)21(6)32-10-2)23-12-11-13-25(31-8)20(23)5/h11-18H,4,6,9-10,28H2,1-3,5,7-8H3/b15-14-,22-16+. The largest absolute Gasteiger partial charge is 0.497 e. The average Bonchev–Trinajstić information content (AvgIpc) is 3.13. The van der Waals surface area contributed by atoms with Gasteiger partial charge in [0.25, 0.3) is 0 Å². The van der Waals surface area contributed by atoms with E-state index in [-0.39, 0.29) is 0 Å². The lowest BCUT2D eigenvalue weighted by molar-refractivity contribution is 0.297. The molecule has 0 bridgehead atoms. The smallest absolute Gasteiger partial charge is 0.138 e. The van der Waals surface area contributed by atoms with Gasteiger partial charge >= 0.3 is 0 Å². The fourth-order valence-corrected chi connectivity index (χ4v) is 3.52. The van der Waals surface area contributed by atoms with Crippen LogP contribution in [0, 0.1) is 12.8 Å². The zero-order valence-corrected chi connectivity index (χ0v) is 20.2. The highest BCUT2D eigenvalue weighted by atomic mass is 16.5. The number of rotatable bonds is 11. The molecule has 0 saturated carbocycles. The van der Waals surface area contributed by atoms with Crippen LogP contribution in [0.3, 0.4) is 0 Å². The Balaban J connectivity index is 2.70. The van der Waals surface area contributed by atoms with Gasteiger partial charge in [-0.3, -0.25) is 4.68 Å². The van der Waals surface area contributed by atoms with Crippen LogP contribution < -0.4 is 10.6 Å². The second-order valence-corrected chi connectivity index (χ2v) is 7.68. The highest BCUT2D eigenvalue weighted by Crippen LogP contribution is 2.39. The van der Waals surface area contributed by atoms with E-state index in [1.165, 1.54) is 0 Å². The van der Waals surface area contributed by atoms with Crippen molar-refractivity contribution in [1.29, 1.82) is 0 Å². The highest BCUT2D eigenvalue weighted by Gasteiger charge is 2.22. The van der Waals surface area contributed by atoms with Crippen LogP contribution in [0.4, 0.5) is 0 Å². The molecule has 1 aromatic heterocycles. The summed E-state index contributed by atoms with van der Waals surface area (Å²) >= 11 is 0. The molecule has 0 radical (unpaired) electrons. The van der Waals surface area contributed by atoms with E-state index in [4.69, 9.17) is 20.1 Å². The van der Waals surface area contributed by atoms with Gasteiger partial charge in [-0.05, 0) is 54.7 Å². The first-order valence-corrected chi connectivity index (χ1v) is 10.9. The van der Waals surface area contributed by atoms with Crippen LogP contribution in [0.1, 0.15) is 44.0 Å². The van der Waals surface area contributed by atoms with E-state index in [9.17, 15) is 0 Å². The topological polar surface area (TPSA) is 58.6 Å². The van der Waals surface area contributed by atoms with Crippen LogP contribution in [0.15, 0.2) is 61.5 Å². The Labute approximate surface area is 192 Å².